The Hall–Kier alpha value is -1.09. The second kappa shape index (κ2) is 6.19. The molecule has 18 heavy (non-hydrogen) atoms. The smallest absolute Gasteiger partial charge is 0.0772 e. The van der Waals surface area contributed by atoms with Crippen LogP contribution in [-0.4, -0.2) is 23.0 Å². The highest BCUT2D eigenvalue weighted by Crippen LogP contribution is 2.29. The SMILES string of the molecule is CCC1CCC(N(C)Cc2ncccc2N)CC1. The zero-order chi connectivity index (χ0) is 13.0. The van der Waals surface area contributed by atoms with Gasteiger partial charge in [-0.05, 0) is 50.8 Å². The van der Waals surface area contributed by atoms with Crippen molar-refractivity contribution in [3.05, 3.63) is 24.0 Å². The lowest BCUT2D eigenvalue weighted by molar-refractivity contribution is 0.156. The van der Waals surface area contributed by atoms with Crippen LogP contribution in [0.25, 0.3) is 0 Å². The van der Waals surface area contributed by atoms with Gasteiger partial charge in [-0.3, -0.25) is 9.88 Å². The first-order valence-electron chi connectivity index (χ1n) is 7.10. The molecule has 1 aliphatic carbocycles. The number of hydrogen-bond donors (Lipinski definition) is 1. The van der Waals surface area contributed by atoms with Crippen molar-refractivity contribution in [2.45, 2.75) is 51.6 Å². The third-order valence-electron chi connectivity index (χ3n) is 4.34. The molecule has 1 aromatic rings. The van der Waals surface area contributed by atoms with E-state index in [4.69, 9.17) is 5.73 Å². The lowest BCUT2D eigenvalue weighted by Crippen LogP contribution is -2.35. The Kier molecular flexibility index (Phi) is 4.59. The molecule has 1 aromatic heterocycles. The Balaban J connectivity index is 1.89. The first-order chi connectivity index (χ1) is 8.70. The maximum atomic E-state index is 5.95. The van der Waals surface area contributed by atoms with E-state index in [0.717, 1.165) is 23.8 Å². The molecule has 0 amide bonds. The van der Waals surface area contributed by atoms with Crippen molar-refractivity contribution in [3.8, 4) is 0 Å². The number of hydrogen-bond acceptors (Lipinski definition) is 3. The van der Waals surface area contributed by atoms with Crippen molar-refractivity contribution in [1.29, 1.82) is 0 Å². The van der Waals surface area contributed by atoms with E-state index in [0.29, 0.717) is 6.04 Å². The molecule has 0 aliphatic heterocycles. The lowest BCUT2D eigenvalue weighted by atomic mass is 9.84. The standard InChI is InChI=1S/C15H25N3/c1-3-12-6-8-13(9-7-12)18(2)11-15-14(16)5-4-10-17-15/h4-5,10,12-13H,3,6-9,11,16H2,1-2H3. The molecule has 3 heteroatoms. The molecule has 0 saturated heterocycles. The number of nitrogens with zero attached hydrogens (tertiary/aromatic N) is 2. The Bertz CT molecular complexity index is 370. The molecule has 0 bridgehead atoms. The van der Waals surface area contributed by atoms with Crippen LogP contribution in [-0.2, 0) is 6.54 Å². The van der Waals surface area contributed by atoms with E-state index in [-0.39, 0.29) is 0 Å². The first kappa shape index (κ1) is 13.3. The number of nitrogen functional groups attached to an aromatic ring is 1. The molecule has 0 atom stereocenters. The first-order valence-corrected chi connectivity index (χ1v) is 7.10. The van der Waals surface area contributed by atoms with E-state index in [9.17, 15) is 0 Å². The normalized spacial score (nSPS) is 24.4. The average molecular weight is 247 g/mol. The summed E-state index contributed by atoms with van der Waals surface area (Å²) < 4.78 is 0. The Morgan fingerprint density at radius 3 is 2.67 bits per heavy atom. The van der Waals surface area contributed by atoms with E-state index >= 15 is 0 Å². The average Bonchev–Trinajstić information content (AvgIpc) is 2.41. The summed E-state index contributed by atoms with van der Waals surface area (Å²) in [6, 6.07) is 4.53. The van der Waals surface area contributed by atoms with Gasteiger partial charge in [0.2, 0.25) is 0 Å². The van der Waals surface area contributed by atoms with Gasteiger partial charge in [-0.2, -0.15) is 0 Å². The Morgan fingerprint density at radius 1 is 1.33 bits per heavy atom. The molecule has 0 spiro atoms. The van der Waals surface area contributed by atoms with Crippen LogP contribution in [0.4, 0.5) is 5.69 Å². The monoisotopic (exact) mass is 247 g/mol. The van der Waals surface area contributed by atoms with Crippen LogP contribution in [0.15, 0.2) is 18.3 Å². The summed E-state index contributed by atoms with van der Waals surface area (Å²) in [5.74, 6) is 0.953. The molecule has 3 nitrogen and oxygen atoms in total. The molecular formula is C15H25N3. The predicted octanol–water partition coefficient (Wildman–Crippen LogP) is 3.06. The Labute approximate surface area is 110 Å². The summed E-state index contributed by atoms with van der Waals surface area (Å²) >= 11 is 0. The van der Waals surface area contributed by atoms with Gasteiger partial charge in [0.05, 0.1) is 11.4 Å². The van der Waals surface area contributed by atoms with Gasteiger partial charge in [-0.15, -0.1) is 0 Å². The van der Waals surface area contributed by atoms with Crippen molar-refractivity contribution in [3.63, 3.8) is 0 Å². The van der Waals surface area contributed by atoms with Crippen molar-refractivity contribution >= 4 is 5.69 Å². The van der Waals surface area contributed by atoms with E-state index in [1.165, 1.54) is 32.1 Å². The number of anilines is 1. The summed E-state index contributed by atoms with van der Waals surface area (Å²) in [5, 5.41) is 0. The van der Waals surface area contributed by atoms with Crippen LogP contribution in [0.1, 0.15) is 44.7 Å². The summed E-state index contributed by atoms with van der Waals surface area (Å²) in [6.07, 6.45) is 8.56. The fraction of sp³-hybridized carbons (Fsp3) is 0.667. The van der Waals surface area contributed by atoms with Gasteiger partial charge in [0.15, 0.2) is 0 Å². The zero-order valence-corrected chi connectivity index (χ0v) is 11.6. The van der Waals surface area contributed by atoms with E-state index in [2.05, 4.69) is 23.9 Å². The summed E-state index contributed by atoms with van der Waals surface area (Å²) in [7, 11) is 2.20. The number of nitrogens with two attached hydrogens (primary N) is 1. The second-order valence-corrected chi connectivity index (χ2v) is 5.54. The quantitative estimate of drug-likeness (QED) is 0.889. The highest BCUT2D eigenvalue weighted by Gasteiger charge is 2.23. The highest BCUT2D eigenvalue weighted by atomic mass is 15.1. The minimum absolute atomic E-state index is 0.703. The molecule has 1 heterocycles. The lowest BCUT2D eigenvalue weighted by Gasteiger charge is -2.34. The molecule has 100 valence electrons. The maximum absolute atomic E-state index is 5.95. The van der Waals surface area contributed by atoms with Gasteiger partial charge in [-0.25, -0.2) is 0 Å². The minimum Gasteiger partial charge on any atom is -0.397 e. The van der Waals surface area contributed by atoms with Crippen molar-refractivity contribution in [1.82, 2.24) is 9.88 Å². The van der Waals surface area contributed by atoms with E-state index < -0.39 is 0 Å². The zero-order valence-electron chi connectivity index (χ0n) is 11.6. The molecule has 2 rings (SSSR count). The van der Waals surface area contributed by atoms with Gasteiger partial charge in [0.1, 0.15) is 0 Å². The maximum Gasteiger partial charge on any atom is 0.0772 e. The molecule has 0 aromatic carbocycles. The van der Waals surface area contributed by atoms with Crippen molar-refractivity contribution in [2.24, 2.45) is 5.92 Å². The molecule has 0 radical (unpaired) electrons. The molecule has 1 aliphatic rings. The third kappa shape index (κ3) is 3.22. The van der Waals surface area contributed by atoms with E-state index in [1.807, 2.05) is 18.3 Å². The van der Waals surface area contributed by atoms with Crippen molar-refractivity contribution in [2.75, 3.05) is 12.8 Å². The number of aromatic nitrogens is 1. The number of rotatable bonds is 4. The third-order valence-corrected chi connectivity index (χ3v) is 4.34. The van der Waals surface area contributed by atoms with Crippen LogP contribution in [0.3, 0.4) is 0 Å². The van der Waals surface area contributed by atoms with Gasteiger partial charge >= 0.3 is 0 Å². The minimum atomic E-state index is 0.703. The van der Waals surface area contributed by atoms with Crippen LogP contribution in [0.2, 0.25) is 0 Å². The Morgan fingerprint density at radius 2 is 2.06 bits per heavy atom. The fourth-order valence-electron chi connectivity index (χ4n) is 2.94. The molecular weight excluding hydrogens is 222 g/mol. The largest absolute Gasteiger partial charge is 0.397 e. The molecule has 0 unspecified atom stereocenters. The summed E-state index contributed by atoms with van der Waals surface area (Å²) in [5.41, 5.74) is 7.78. The highest BCUT2D eigenvalue weighted by molar-refractivity contribution is 5.41. The van der Waals surface area contributed by atoms with Crippen molar-refractivity contribution < 1.29 is 0 Å². The second-order valence-electron chi connectivity index (χ2n) is 5.54. The van der Waals surface area contributed by atoms with E-state index in [1.54, 1.807) is 0 Å². The van der Waals surface area contributed by atoms with Gasteiger partial charge in [-0.1, -0.05) is 13.3 Å². The summed E-state index contributed by atoms with van der Waals surface area (Å²) in [4.78, 5) is 6.80. The van der Waals surface area contributed by atoms with Gasteiger partial charge in [0, 0.05) is 18.8 Å². The van der Waals surface area contributed by atoms with Gasteiger partial charge < -0.3 is 5.73 Å². The van der Waals surface area contributed by atoms with Gasteiger partial charge in [0.25, 0.3) is 0 Å². The number of pyridine rings is 1. The van der Waals surface area contributed by atoms with Crippen LogP contribution < -0.4 is 5.73 Å². The molecule has 2 N–H and O–H groups in total. The topological polar surface area (TPSA) is 42.2 Å². The van der Waals surface area contributed by atoms with Crippen LogP contribution >= 0.6 is 0 Å². The summed E-state index contributed by atoms with van der Waals surface area (Å²) in [6.45, 7) is 3.18. The fourth-order valence-corrected chi connectivity index (χ4v) is 2.94. The predicted molar refractivity (Wildman–Crippen MR) is 76.2 cm³/mol. The van der Waals surface area contributed by atoms with Crippen LogP contribution in [0.5, 0.6) is 0 Å². The van der Waals surface area contributed by atoms with Crippen LogP contribution in [0, 0.1) is 5.92 Å². The molecule has 1 fully saturated rings. The molecule has 1 saturated carbocycles.